The first kappa shape index (κ1) is 25.3. The topological polar surface area (TPSA) is 116 Å². The summed E-state index contributed by atoms with van der Waals surface area (Å²) in [6.07, 6.45) is 3.36. The van der Waals surface area contributed by atoms with Crippen LogP contribution in [0.3, 0.4) is 0 Å². The highest BCUT2D eigenvalue weighted by Crippen LogP contribution is 2.40. The van der Waals surface area contributed by atoms with Crippen molar-refractivity contribution in [3.8, 4) is 0 Å². The molecule has 32 heavy (non-hydrogen) atoms. The van der Waals surface area contributed by atoms with Crippen molar-refractivity contribution in [3.05, 3.63) is 48.1 Å². The van der Waals surface area contributed by atoms with Crippen LogP contribution in [0.25, 0.3) is 0 Å². The molecular weight excluding hydrogens is 416 g/mol. The molecule has 8 heteroatoms. The van der Waals surface area contributed by atoms with Crippen molar-refractivity contribution >= 4 is 23.7 Å². The number of hydrogen-bond donors (Lipinski definition) is 1. The first-order valence-electron chi connectivity index (χ1n) is 10.5. The third-order valence-electron chi connectivity index (χ3n) is 5.75. The Hall–Kier alpha value is -3.00. The minimum atomic E-state index is -2.27. The highest BCUT2D eigenvalue weighted by molar-refractivity contribution is 5.98. The van der Waals surface area contributed by atoms with Gasteiger partial charge in [0.05, 0.1) is 5.92 Å². The van der Waals surface area contributed by atoms with E-state index in [2.05, 4.69) is 6.58 Å². The predicted molar refractivity (Wildman–Crippen MR) is 115 cm³/mol. The van der Waals surface area contributed by atoms with Crippen molar-refractivity contribution in [3.63, 3.8) is 0 Å². The van der Waals surface area contributed by atoms with Gasteiger partial charge in [-0.2, -0.15) is 0 Å². The smallest absolute Gasteiger partial charge is 0.334 e. The fraction of sp³-hybridized carbons (Fsp3) is 0.500. The minimum Gasteiger partial charge on any atom is -0.458 e. The largest absolute Gasteiger partial charge is 0.458 e. The lowest BCUT2D eigenvalue weighted by molar-refractivity contribution is -0.193. The predicted octanol–water partition coefficient (Wildman–Crippen LogP) is 2.37. The Morgan fingerprint density at radius 1 is 1.28 bits per heavy atom. The van der Waals surface area contributed by atoms with E-state index < -0.39 is 53.5 Å². The molecule has 1 aliphatic carbocycles. The molecule has 0 spiro atoms. The maximum Gasteiger partial charge on any atom is 0.334 e. The molecule has 0 aromatic heterocycles. The van der Waals surface area contributed by atoms with Gasteiger partial charge < -0.3 is 19.3 Å². The average Bonchev–Trinajstić information content (AvgIpc) is 3.00. The second-order valence-electron chi connectivity index (χ2n) is 8.28. The highest BCUT2D eigenvalue weighted by Gasteiger charge is 2.56. The van der Waals surface area contributed by atoms with E-state index in [0.29, 0.717) is 6.42 Å². The zero-order valence-corrected chi connectivity index (χ0v) is 19.0. The summed E-state index contributed by atoms with van der Waals surface area (Å²) in [5, 5.41) is 11.2. The van der Waals surface area contributed by atoms with E-state index in [-0.39, 0.29) is 17.1 Å². The third kappa shape index (κ3) is 5.24. The number of carbonyl (C=O) groups is 4. The molecule has 2 aliphatic rings. The summed E-state index contributed by atoms with van der Waals surface area (Å²) < 4.78 is 16.6. The number of aliphatic hydroxyl groups is 1. The lowest BCUT2D eigenvalue weighted by Crippen LogP contribution is -2.58. The Morgan fingerprint density at radius 3 is 2.53 bits per heavy atom. The van der Waals surface area contributed by atoms with Crippen LogP contribution < -0.4 is 0 Å². The number of ketones is 1. The minimum absolute atomic E-state index is 0.0121. The van der Waals surface area contributed by atoms with Crippen molar-refractivity contribution in [2.24, 2.45) is 11.8 Å². The second-order valence-corrected chi connectivity index (χ2v) is 8.28. The molecule has 1 heterocycles. The van der Waals surface area contributed by atoms with Gasteiger partial charge in [0.2, 0.25) is 0 Å². The zero-order valence-electron chi connectivity index (χ0n) is 19.0. The summed E-state index contributed by atoms with van der Waals surface area (Å²) in [4.78, 5) is 50.3. The summed E-state index contributed by atoms with van der Waals surface area (Å²) in [5.74, 6) is -4.15. The zero-order chi connectivity index (χ0) is 24.2. The quantitative estimate of drug-likeness (QED) is 0.397. The number of carbonyl (C=O) groups excluding carboxylic acids is 4. The molecular formula is C24H30O8. The fourth-order valence-electron chi connectivity index (χ4n) is 3.72. The Labute approximate surface area is 187 Å². The van der Waals surface area contributed by atoms with Crippen LogP contribution in [0.1, 0.15) is 41.0 Å². The van der Waals surface area contributed by atoms with Gasteiger partial charge in [0, 0.05) is 17.2 Å². The number of allylic oxidation sites excluding steroid dienone is 3. The van der Waals surface area contributed by atoms with Gasteiger partial charge >= 0.3 is 17.9 Å². The maximum atomic E-state index is 12.9. The first-order chi connectivity index (χ1) is 14.9. The molecule has 2 rings (SSSR count). The number of hydrogen-bond acceptors (Lipinski definition) is 8. The molecule has 0 amide bonds. The van der Waals surface area contributed by atoms with Crippen LogP contribution >= 0.6 is 0 Å². The molecule has 174 valence electrons. The van der Waals surface area contributed by atoms with Gasteiger partial charge in [-0.3, -0.25) is 4.79 Å². The maximum absolute atomic E-state index is 12.9. The van der Waals surface area contributed by atoms with Crippen LogP contribution in [0, 0.1) is 11.8 Å². The SMILES string of the molecule is C=C1C(=O)OC2CC(C)C=CC(=O)C(C)(O)C(OC(=O)C=CC)C(OC(=O)C(C)=CC)C12. The Morgan fingerprint density at radius 2 is 1.94 bits per heavy atom. The van der Waals surface area contributed by atoms with E-state index in [1.165, 1.54) is 32.1 Å². The monoisotopic (exact) mass is 446 g/mol. The van der Waals surface area contributed by atoms with Gasteiger partial charge in [0.25, 0.3) is 0 Å². The molecule has 1 N–H and O–H groups in total. The number of ether oxygens (including phenoxy) is 3. The van der Waals surface area contributed by atoms with Gasteiger partial charge in [-0.15, -0.1) is 0 Å². The van der Waals surface area contributed by atoms with E-state index in [1.54, 1.807) is 19.9 Å². The summed E-state index contributed by atoms with van der Waals surface area (Å²) >= 11 is 0. The van der Waals surface area contributed by atoms with Gasteiger partial charge in [-0.25, -0.2) is 14.4 Å². The fourth-order valence-corrected chi connectivity index (χ4v) is 3.72. The second kappa shape index (κ2) is 10.1. The molecule has 0 saturated carbocycles. The summed E-state index contributed by atoms with van der Waals surface area (Å²) in [7, 11) is 0. The molecule has 6 unspecified atom stereocenters. The molecule has 6 atom stereocenters. The van der Waals surface area contributed by atoms with Crippen LogP contribution in [0.5, 0.6) is 0 Å². The molecule has 0 aromatic rings. The lowest BCUT2D eigenvalue weighted by atomic mass is 9.77. The molecule has 8 nitrogen and oxygen atoms in total. The van der Waals surface area contributed by atoms with Crippen LogP contribution in [0.15, 0.2) is 48.1 Å². The van der Waals surface area contributed by atoms with Crippen molar-refractivity contribution in [1.29, 1.82) is 0 Å². The Bertz CT molecular complexity index is 892. The van der Waals surface area contributed by atoms with Gasteiger partial charge in [0.15, 0.2) is 23.6 Å². The number of esters is 3. The standard InChI is InChI=1S/C24H30O8/c1-7-9-18(26)31-21-20(32-22(27)14(4)8-2)19-15(5)23(28)30-16(19)12-13(3)10-11-17(25)24(21,6)29/h7-11,13,16,19-21,29H,5,12H2,1-4,6H3. The summed E-state index contributed by atoms with van der Waals surface area (Å²) in [6.45, 7) is 11.6. The van der Waals surface area contributed by atoms with Gasteiger partial charge in [-0.1, -0.05) is 31.7 Å². The van der Waals surface area contributed by atoms with Crippen molar-refractivity contribution in [2.75, 3.05) is 0 Å². The molecule has 0 bridgehead atoms. The van der Waals surface area contributed by atoms with Crippen molar-refractivity contribution < 1.29 is 38.5 Å². The summed E-state index contributed by atoms with van der Waals surface area (Å²) in [6, 6.07) is 0. The average molecular weight is 446 g/mol. The van der Waals surface area contributed by atoms with E-state index in [4.69, 9.17) is 14.2 Å². The summed E-state index contributed by atoms with van der Waals surface area (Å²) in [5.41, 5.74) is -2.00. The van der Waals surface area contributed by atoms with Crippen LogP contribution in [-0.4, -0.2) is 52.7 Å². The Balaban J connectivity index is 2.70. The number of fused-ring (bicyclic) bond motifs is 1. The van der Waals surface area contributed by atoms with Crippen molar-refractivity contribution in [2.45, 2.75) is 65.0 Å². The van der Waals surface area contributed by atoms with Crippen LogP contribution in [0.2, 0.25) is 0 Å². The highest BCUT2D eigenvalue weighted by atomic mass is 16.6. The lowest BCUT2D eigenvalue weighted by Gasteiger charge is -2.39. The van der Waals surface area contributed by atoms with E-state index in [1.807, 2.05) is 6.92 Å². The molecule has 1 saturated heterocycles. The van der Waals surface area contributed by atoms with Crippen molar-refractivity contribution in [1.82, 2.24) is 0 Å². The molecule has 0 aromatic carbocycles. The normalized spacial score (nSPS) is 33.6. The number of rotatable bonds is 4. The van der Waals surface area contributed by atoms with E-state index in [9.17, 15) is 24.3 Å². The van der Waals surface area contributed by atoms with Crippen LogP contribution in [-0.2, 0) is 33.4 Å². The molecule has 1 aliphatic heterocycles. The van der Waals surface area contributed by atoms with Crippen LogP contribution in [0.4, 0.5) is 0 Å². The third-order valence-corrected chi connectivity index (χ3v) is 5.75. The first-order valence-corrected chi connectivity index (χ1v) is 10.5. The molecule has 1 fully saturated rings. The molecule has 0 radical (unpaired) electrons. The van der Waals surface area contributed by atoms with E-state index >= 15 is 0 Å². The van der Waals surface area contributed by atoms with E-state index in [0.717, 1.165) is 6.08 Å². The van der Waals surface area contributed by atoms with Gasteiger partial charge in [0.1, 0.15) is 6.10 Å². The van der Waals surface area contributed by atoms with Gasteiger partial charge in [-0.05, 0) is 46.1 Å². The Kier molecular flexibility index (Phi) is 7.96.